The maximum atomic E-state index is 12.4. The summed E-state index contributed by atoms with van der Waals surface area (Å²) in [6.07, 6.45) is -3.85. The minimum Gasteiger partial charge on any atom is -0.407 e. The molecule has 1 saturated heterocycles. The van der Waals surface area contributed by atoms with Crippen molar-refractivity contribution in [1.82, 2.24) is 10.2 Å². The lowest BCUT2D eigenvalue weighted by Gasteiger charge is -2.17. The van der Waals surface area contributed by atoms with Gasteiger partial charge in [-0.25, -0.2) is 0 Å². The van der Waals surface area contributed by atoms with E-state index >= 15 is 0 Å². The van der Waals surface area contributed by atoms with Crippen LogP contribution in [-0.2, 0) is 11.2 Å². The van der Waals surface area contributed by atoms with E-state index in [1.807, 2.05) is 19.1 Å². The lowest BCUT2D eigenvalue weighted by Crippen LogP contribution is -2.24. The summed E-state index contributed by atoms with van der Waals surface area (Å²) in [4.78, 5) is 26.2. The van der Waals surface area contributed by atoms with Gasteiger partial charge in [-0.3, -0.25) is 14.9 Å². The van der Waals surface area contributed by atoms with Crippen LogP contribution in [0.5, 0.6) is 5.75 Å². The summed E-state index contributed by atoms with van der Waals surface area (Å²) in [5.41, 5.74) is 1.96. The molecule has 0 bridgehead atoms. The van der Waals surface area contributed by atoms with Gasteiger partial charge in [0.05, 0.1) is 5.92 Å². The average Bonchev–Trinajstić information content (AvgIpc) is 3.40. The van der Waals surface area contributed by atoms with Crippen molar-refractivity contribution in [2.45, 2.75) is 32.0 Å². The van der Waals surface area contributed by atoms with Crippen molar-refractivity contribution in [2.75, 3.05) is 16.8 Å². The number of hydrogen-bond donors (Lipinski definition) is 1. The minimum absolute atomic E-state index is 0.0782. The molecular weight excluding hydrogens is 441 g/mol. The molecule has 1 N–H and O–H groups in total. The first-order chi connectivity index (χ1) is 15.7. The van der Waals surface area contributed by atoms with E-state index in [2.05, 4.69) is 20.3 Å². The molecule has 2 heterocycles. The van der Waals surface area contributed by atoms with Crippen LogP contribution in [0, 0.1) is 0 Å². The van der Waals surface area contributed by atoms with Crippen LogP contribution in [0.4, 0.5) is 24.9 Å². The Balaban J connectivity index is 1.39. The van der Waals surface area contributed by atoms with Gasteiger partial charge >= 0.3 is 12.4 Å². The normalized spacial score (nSPS) is 16.2. The predicted octanol–water partition coefficient (Wildman–Crippen LogP) is 4.30. The second kappa shape index (κ2) is 8.93. The van der Waals surface area contributed by atoms with E-state index in [4.69, 9.17) is 4.42 Å². The Bertz CT molecular complexity index is 1140. The summed E-state index contributed by atoms with van der Waals surface area (Å²) in [5, 5.41) is 10.3. The van der Waals surface area contributed by atoms with Gasteiger partial charge in [0, 0.05) is 24.2 Å². The molecular formula is C22H19F3N4O4. The maximum Gasteiger partial charge on any atom is 0.573 e. The largest absolute Gasteiger partial charge is 0.573 e. The first kappa shape index (κ1) is 22.3. The smallest absolute Gasteiger partial charge is 0.407 e. The van der Waals surface area contributed by atoms with Gasteiger partial charge in [-0.15, -0.1) is 18.3 Å². The van der Waals surface area contributed by atoms with Crippen molar-refractivity contribution in [2.24, 2.45) is 0 Å². The number of ether oxygens (including phenoxy) is 1. The van der Waals surface area contributed by atoms with Crippen molar-refractivity contribution in [3.63, 3.8) is 0 Å². The number of alkyl halides is 3. The minimum atomic E-state index is -4.79. The third kappa shape index (κ3) is 5.30. The first-order valence-corrected chi connectivity index (χ1v) is 10.1. The van der Waals surface area contributed by atoms with E-state index in [1.54, 1.807) is 12.1 Å². The van der Waals surface area contributed by atoms with Crippen LogP contribution < -0.4 is 15.0 Å². The third-order valence-corrected chi connectivity index (χ3v) is 5.14. The Morgan fingerprint density at radius 2 is 1.85 bits per heavy atom. The summed E-state index contributed by atoms with van der Waals surface area (Å²) in [6, 6.07) is 12.0. The zero-order valence-electron chi connectivity index (χ0n) is 17.4. The topological polar surface area (TPSA) is 97.6 Å². The molecule has 33 heavy (non-hydrogen) atoms. The standard InChI is InChI=1S/C22H19F3N4O4/c1-2-13-3-5-14(6-4-13)19(31)26-21-28-27-20(32-21)15-11-18(30)29(12-15)16-7-9-17(10-8-16)33-22(23,24)25/h3-10,15H,2,11-12H2,1H3,(H,26,28,31). The highest BCUT2D eigenvalue weighted by Crippen LogP contribution is 2.33. The molecule has 4 rings (SSSR count). The Hall–Kier alpha value is -3.89. The number of nitrogens with one attached hydrogen (secondary N) is 1. The van der Waals surface area contributed by atoms with Gasteiger partial charge in [0.15, 0.2) is 0 Å². The Morgan fingerprint density at radius 1 is 1.15 bits per heavy atom. The van der Waals surface area contributed by atoms with Crippen LogP contribution in [0.3, 0.4) is 0 Å². The molecule has 1 aliphatic heterocycles. The Morgan fingerprint density at radius 3 is 2.48 bits per heavy atom. The number of nitrogens with zero attached hydrogens (tertiary/aromatic N) is 3. The summed E-state index contributed by atoms with van der Waals surface area (Å²) in [6.45, 7) is 2.22. The molecule has 2 aromatic carbocycles. The van der Waals surface area contributed by atoms with Gasteiger partial charge < -0.3 is 14.1 Å². The van der Waals surface area contributed by atoms with Gasteiger partial charge in [0.25, 0.3) is 5.91 Å². The van der Waals surface area contributed by atoms with E-state index in [0.29, 0.717) is 11.3 Å². The first-order valence-electron chi connectivity index (χ1n) is 10.1. The number of anilines is 2. The highest BCUT2D eigenvalue weighted by molar-refractivity contribution is 6.03. The number of benzene rings is 2. The van der Waals surface area contributed by atoms with Gasteiger partial charge in [0.1, 0.15) is 5.75 Å². The Kier molecular flexibility index (Phi) is 6.03. The molecule has 0 spiro atoms. The number of carbonyl (C=O) groups excluding carboxylic acids is 2. The highest BCUT2D eigenvalue weighted by atomic mass is 19.4. The number of hydrogen-bond acceptors (Lipinski definition) is 6. The number of aromatic nitrogens is 2. The molecule has 1 aliphatic rings. The highest BCUT2D eigenvalue weighted by Gasteiger charge is 2.35. The molecule has 1 unspecified atom stereocenters. The van der Waals surface area contributed by atoms with Crippen molar-refractivity contribution in [1.29, 1.82) is 0 Å². The van der Waals surface area contributed by atoms with Crippen molar-refractivity contribution in [3.05, 3.63) is 65.5 Å². The molecule has 2 amide bonds. The number of rotatable bonds is 6. The quantitative estimate of drug-likeness (QED) is 0.589. The monoisotopic (exact) mass is 460 g/mol. The van der Waals surface area contributed by atoms with Crippen LogP contribution in [0.15, 0.2) is 52.9 Å². The van der Waals surface area contributed by atoms with Crippen LogP contribution >= 0.6 is 0 Å². The van der Waals surface area contributed by atoms with E-state index in [1.165, 1.54) is 17.0 Å². The molecule has 0 radical (unpaired) electrons. The molecule has 0 saturated carbocycles. The number of carbonyl (C=O) groups is 2. The van der Waals surface area contributed by atoms with Gasteiger partial charge in [0.2, 0.25) is 11.8 Å². The second-order valence-electron chi connectivity index (χ2n) is 7.40. The fraction of sp³-hybridized carbons (Fsp3) is 0.273. The van der Waals surface area contributed by atoms with Crippen LogP contribution in [0.1, 0.15) is 41.1 Å². The van der Waals surface area contributed by atoms with Crippen LogP contribution in [0.25, 0.3) is 0 Å². The van der Waals surface area contributed by atoms with E-state index < -0.39 is 18.2 Å². The maximum absolute atomic E-state index is 12.4. The third-order valence-electron chi connectivity index (χ3n) is 5.14. The van der Waals surface area contributed by atoms with Gasteiger partial charge in [-0.05, 0) is 48.4 Å². The fourth-order valence-corrected chi connectivity index (χ4v) is 3.46. The summed E-state index contributed by atoms with van der Waals surface area (Å²) >= 11 is 0. The van der Waals surface area contributed by atoms with Crippen molar-refractivity contribution < 1.29 is 31.9 Å². The fourth-order valence-electron chi connectivity index (χ4n) is 3.46. The molecule has 3 aromatic rings. The van der Waals surface area contributed by atoms with Crippen LogP contribution in [0.2, 0.25) is 0 Å². The summed E-state index contributed by atoms with van der Waals surface area (Å²) in [5.74, 6) is -1.27. The lowest BCUT2D eigenvalue weighted by molar-refractivity contribution is -0.274. The SMILES string of the molecule is CCc1ccc(C(=O)Nc2nnc(C3CC(=O)N(c4ccc(OC(F)(F)F)cc4)C3)o2)cc1. The molecule has 1 aromatic heterocycles. The molecule has 8 nitrogen and oxygen atoms in total. The predicted molar refractivity (Wildman–Crippen MR) is 111 cm³/mol. The van der Waals surface area contributed by atoms with Crippen LogP contribution in [-0.4, -0.2) is 34.9 Å². The molecule has 172 valence electrons. The molecule has 11 heteroatoms. The van der Waals surface area contributed by atoms with Gasteiger partial charge in [-0.1, -0.05) is 24.2 Å². The molecule has 1 atom stereocenters. The lowest BCUT2D eigenvalue weighted by atomic mass is 10.1. The summed E-state index contributed by atoms with van der Waals surface area (Å²) in [7, 11) is 0. The van der Waals surface area contributed by atoms with E-state index in [-0.39, 0.29) is 36.5 Å². The number of aryl methyl sites for hydroxylation is 1. The van der Waals surface area contributed by atoms with Crippen molar-refractivity contribution >= 4 is 23.5 Å². The average molecular weight is 460 g/mol. The van der Waals surface area contributed by atoms with E-state index in [9.17, 15) is 22.8 Å². The van der Waals surface area contributed by atoms with Gasteiger partial charge in [-0.2, -0.15) is 0 Å². The zero-order chi connectivity index (χ0) is 23.6. The Labute approximate surface area is 186 Å². The molecule has 1 fully saturated rings. The second-order valence-corrected chi connectivity index (χ2v) is 7.40. The zero-order valence-corrected chi connectivity index (χ0v) is 17.4. The molecule has 0 aliphatic carbocycles. The number of halogens is 3. The summed E-state index contributed by atoms with van der Waals surface area (Å²) < 4.78 is 46.3. The van der Waals surface area contributed by atoms with Crippen molar-refractivity contribution in [3.8, 4) is 5.75 Å². The van der Waals surface area contributed by atoms with E-state index in [0.717, 1.165) is 24.1 Å². The number of amides is 2.